The first-order valence-electron chi connectivity index (χ1n) is 6.38. The maximum absolute atomic E-state index is 12.2. The molecule has 0 N–H and O–H groups in total. The summed E-state index contributed by atoms with van der Waals surface area (Å²) < 4.78 is 14.6. The lowest BCUT2D eigenvalue weighted by atomic mass is 10.2. The Bertz CT molecular complexity index is 376. The average Bonchev–Trinajstić information content (AvgIpc) is 2.79. The highest BCUT2D eigenvalue weighted by Gasteiger charge is 2.47. The van der Waals surface area contributed by atoms with Crippen LogP contribution in [0.3, 0.4) is 0 Å². The van der Waals surface area contributed by atoms with Crippen molar-refractivity contribution in [2.75, 3.05) is 14.2 Å². The molecule has 20 heavy (non-hydrogen) atoms. The van der Waals surface area contributed by atoms with Crippen molar-refractivity contribution >= 4 is 18.0 Å². The van der Waals surface area contributed by atoms with Crippen LogP contribution in [-0.4, -0.2) is 54.8 Å². The molecular formula is C13H21NO6. The van der Waals surface area contributed by atoms with E-state index in [1.807, 2.05) is 0 Å². The number of hydrogen-bond acceptors (Lipinski definition) is 6. The Kier molecular flexibility index (Phi) is 4.97. The van der Waals surface area contributed by atoms with E-state index < -0.39 is 35.7 Å². The van der Waals surface area contributed by atoms with E-state index in [1.165, 1.54) is 14.2 Å². The quantitative estimate of drug-likeness (QED) is 0.559. The lowest BCUT2D eigenvalue weighted by Gasteiger charge is -2.30. The van der Waals surface area contributed by atoms with Gasteiger partial charge in [0.2, 0.25) is 0 Å². The van der Waals surface area contributed by atoms with Crippen molar-refractivity contribution in [1.82, 2.24) is 4.90 Å². The summed E-state index contributed by atoms with van der Waals surface area (Å²) in [5, 5.41) is 0. The number of likely N-dealkylation sites (tertiary alicyclic amines) is 1. The van der Waals surface area contributed by atoms with Crippen LogP contribution in [0.2, 0.25) is 0 Å². The molecule has 0 aliphatic carbocycles. The maximum atomic E-state index is 12.2. The monoisotopic (exact) mass is 287 g/mol. The highest BCUT2D eigenvalue weighted by molar-refractivity contribution is 5.88. The molecule has 0 aromatic heterocycles. The largest absolute Gasteiger partial charge is 0.467 e. The third-order valence-corrected chi connectivity index (χ3v) is 2.94. The summed E-state index contributed by atoms with van der Waals surface area (Å²) in [6.07, 6.45) is -0.0435. The van der Waals surface area contributed by atoms with Crippen molar-refractivity contribution < 1.29 is 28.6 Å². The molecule has 0 radical (unpaired) electrons. The van der Waals surface area contributed by atoms with Gasteiger partial charge < -0.3 is 14.2 Å². The topological polar surface area (TPSA) is 82.1 Å². The molecule has 0 aromatic carbocycles. The van der Waals surface area contributed by atoms with Crippen LogP contribution in [-0.2, 0) is 23.8 Å². The van der Waals surface area contributed by atoms with Crippen molar-refractivity contribution in [2.24, 2.45) is 0 Å². The number of hydrogen-bond donors (Lipinski definition) is 0. The molecule has 1 rings (SSSR count). The Morgan fingerprint density at radius 1 is 0.950 bits per heavy atom. The molecule has 7 heteroatoms. The fourth-order valence-corrected chi connectivity index (χ4v) is 2.12. The van der Waals surface area contributed by atoms with Crippen LogP contribution in [0.15, 0.2) is 0 Å². The molecule has 0 saturated carbocycles. The van der Waals surface area contributed by atoms with Gasteiger partial charge in [-0.1, -0.05) is 0 Å². The molecule has 1 heterocycles. The van der Waals surface area contributed by atoms with E-state index in [1.54, 1.807) is 20.8 Å². The van der Waals surface area contributed by atoms with Crippen LogP contribution in [0.4, 0.5) is 4.79 Å². The summed E-state index contributed by atoms with van der Waals surface area (Å²) in [6, 6.07) is -1.64. The third-order valence-electron chi connectivity index (χ3n) is 2.94. The van der Waals surface area contributed by atoms with Crippen molar-refractivity contribution in [3.05, 3.63) is 0 Å². The van der Waals surface area contributed by atoms with Gasteiger partial charge in [-0.2, -0.15) is 0 Å². The van der Waals surface area contributed by atoms with Gasteiger partial charge in [-0.3, -0.25) is 4.90 Å². The van der Waals surface area contributed by atoms with Gasteiger partial charge in [-0.15, -0.1) is 0 Å². The Labute approximate surface area is 118 Å². The first-order valence-corrected chi connectivity index (χ1v) is 6.38. The normalized spacial score (nSPS) is 22.4. The summed E-state index contributed by atoms with van der Waals surface area (Å²) in [6.45, 7) is 5.13. The van der Waals surface area contributed by atoms with E-state index in [4.69, 9.17) is 4.74 Å². The standard InChI is InChI=1S/C13H21NO6/c1-13(2,3)20-12(17)14-8(10(15)18-4)6-7-9(14)11(16)19-5/h8-9H,6-7H2,1-5H3/t8-,9-/m0/s1. The fourth-order valence-electron chi connectivity index (χ4n) is 2.12. The van der Waals surface area contributed by atoms with E-state index in [9.17, 15) is 14.4 Å². The van der Waals surface area contributed by atoms with Gasteiger partial charge in [0.25, 0.3) is 0 Å². The second-order valence-corrected chi connectivity index (χ2v) is 5.54. The van der Waals surface area contributed by atoms with Crippen molar-refractivity contribution in [2.45, 2.75) is 51.3 Å². The molecule has 1 aliphatic heterocycles. The van der Waals surface area contributed by atoms with Gasteiger partial charge in [0.15, 0.2) is 0 Å². The zero-order chi connectivity index (χ0) is 15.5. The van der Waals surface area contributed by atoms with Crippen LogP contribution >= 0.6 is 0 Å². The molecular weight excluding hydrogens is 266 g/mol. The van der Waals surface area contributed by atoms with Gasteiger partial charge in [0.1, 0.15) is 17.7 Å². The summed E-state index contributed by atoms with van der Waals surface area (Å²) in [4.78, 5) is 36.8. The van der Waals surface area contributed by atoms with Crippen LogP contribution in [0.5, 0.6) is 0 Å². The van der Waals surface area contributed by atoms with Crippen LogP contribution in [0.25, 0.3) is 0 Å². The third kappa shape index (κ3) is 3.61. The molecule has 114 valence electrons. The molecule has 1 saturated heterocycles. The second kappa shape index (κ2) is 6.11. The predicted octanol–water partition coefficient (Wildman–Crippen LogP) is 1.10. The zero-order valence-corrected chi connectivity index (χ0v) is 12.5. The molecule has 0 bridgehead atoms. The van der Waals surface area contributed by atoms with Crippen LogP contribution in [0, 0.1) is 0 Å². The number of amides is 1. The average molecular weight is 287 g/mol. The number of carbonyl (C=O) groups excluding carboxylic acids is 3. The van der Waals surface area contributed by atoms with Crippen molar-refractivity contribution in [1.29, 1.82) is 0 Å². The van der Waals surface area contributed by atoms with Crippen LogP contribution in [0.1, 0.15) is 33.6 Å². The number of methoxy groups -OCH3 is 2. The highest BCUT2D eigenvalue weighted by Crippen LogP contribution is 2.28. The predicted molar refractivity (Wildman–Crippen MR) is 68.9 cm³/mol. The summed E-state index contributed by atoms with van der Waals surface area (Å²) in [5.74, 6) is -1.13. The molecule has 0 unspecified atom stereocenters. The molecule has 0 spiro atoms. The van der Waals surface area contributed by atoms with E-state index in [-0.39, 0.29) is 0 Å². The molecule has 1 fully saturated rings. The van der Waals surface area contributed by atoms with Crippen molar-refractivity contribution in [3.63, 3.8) is 0 Å². The number of carbonyl (C=O) groups is 3. The number of esters is 2. The lowest BCUT2D eigenvalue weighted by Crippen LogP contribution is -2.50. The minimum absolute atomic E-state index is 0.339. The molecule has 0 aromatic rings. The van der Waals surface area contributed by atoms with Gasteiger partial charge in [0, 0.05) is 0 Å². The van der Waals surface area contributed by atoms with E-state index in [2.05, 4.69) is 9.47 Å². The summed E-state index contributed by atoms with van der Waals surface area (Å²) in [5.41, 5.74) is -0.721. The Morgan fingerprint density at radius 2 is 1.35 bits per heavy atom. The Hall–Kier alpha value is -1.79. The molecule has 1 amide bonds. The minimum atomic E-state index is -0.820. The van der Waals surface area contributed by atoms with E-state index in [0.717, 1.165) is 4.90 Å². The van der Waals surface area contributed by atoms with E-state index in [0.29, 0.717) is 12.8 Å². The first kappa shape index (κ1) is 16.3. The Morgan fingerprint density at radius 3 is 1.65 bits per heavy atom. The van der Waals surface area contributed by atoms with Gasteiger partial charge >= 0.3 is 18.0 Å². The van der Waals surface area contributed by atoms with Crippen molar-refractivity contribution in [3.8, 4) is 0 Å². The first-order chi connectivity index (χ1) is 9.21. The molecule has 1 aliphatic rings. The number of nitrogens with zero attached hydrogens (tertiary/aromatic N) is 1. The summed E-state index contributed by atoms with van der Waals surface area (Å²) in [7, 11) is 2.47. The summed E-state index contributed by atoms with van der Waals surface area (Å²) >= 11 is 0. The number of rotatable bonds is 2. The van der Waals surface area contributed by atoms with Gasteiger partial charge in [-0.25, -0.2) is 14.4 Å². The fraction of sp³-hybridized carbons (Fsp3) is 0.769. The Balaban J connectivity index is 2.98. The van der Waals surface area contributed by atoms with E-state index >= 15 is 0 Å². The van der Waals surface area contributed by atoms with Crippen LogP contribution < -0.4 is 0 Å². The van der Waals surface area contributed by atoms with Gasteiger partial charge in [0.05, 0.1) is 14.2 Å². The molecule has 2 atom stereocenters. The van der Waals surface area contributed by atoms with Gasteiger partial charge in [-0.05, 0) is 33.6 Å². The second-order valence-electron chi connectivity index (χ2n) is 5.54. The smallest absolute Gasteiger partial charge is 0.411 e. The zero-order valence-electron chi connectivity index (χ0n) is 12.5. The number of ether oxygens (including phenoxy) is 3. The SMILES string of the molecule is COC(=O)[C@@H]1CC[C@@H](C(=O)OC)N1C(=O)OC(C)(C)C. The minimum Gasteiger partial charge on any atom is -0.467 e. The molecule has 7 nitrogen and oxygen atoms in total. The maximum Gasteiger partial charge on any atom is 0.411 e. The lowest BCUT2D eigenvalue weighted by molar-refractivity contribution is -0.150. The highest BCUT2D eigenvalue weighted by atomic mass is 16.6.